The van der Waals surface area contributed by atoms with Crippen molar-refractivity contribution in [3.8, 4) is 22.9 Å². The Hall–Kier alpha value is -3.99. The molecule has 0 spiro atoms. The van der Waals surface area contributed by atoms with Crippen LogP contribution in [0.15, 0.2) is 59.8 Å². The van der Waals surface area contributed by atoms with Crippen LogP contribution in [0.2, 0.25) is 0 Å². The van der Waals surface area contributed by atoms with Crippen LogP contribution in [0.3, 0.4) is 0 Å². The number of tetrazole rings is 1. The van der Waals surface area contributed by atoms with E-state index in [0.717, 1.165) is 22.3 Å². The second-order valence-electron chi connectivity index (χ2n) is 9.05. The molecule has 0 fully saturated rings. The molecule has 0 unspecified atom stereocenters. The molecule has 2 aromatic heterocycles. The summed E-state index contributed by atoms with van der Waals surface area (Å²) in [5, 5.41) is 14.0. The molecule has 4 aromatic rings. The highest BCUT2D eigenvalue weighted by Crippen LogP contribution is 2.36. The van der Waals surface area contributed by atoms with Gasteiger partial charge in [0.05, 0.1) is 12.8 Å². The zero-order valence-corrected chi connectivity index (χ0v) is 22.3. The van der Waals surface area contributed by atoms with Gasteiger partial charge in [-0.1, -0.05) is 32.0 Å². The van der Waals surface area contributed by atoms with Gasteiger partial charge in [0, 0.05) is 23.9 Å². The van der Waals surface area contributed by atoms with E-state index in [2.05, 4.69) is 25.6 Å². The highest BCUT2D eigenvalue weighted by molar-refractivity contribution is 7.92. The average Bonchev–Trinajstić information content (AvgIpc) is 3.43. The smallest absolute Gasteiger partial charge is 0.281 e. The highest BCUT2D eigenvalue weighted by atomic mass is 32.2. The van der Waals surface area contributed by atoms with Crippen molar-refractivity contribution in [1.29, 1.82) is 0 Å². The van der Waals surface area contributed by atoms with Crippen molar-refractivity contribution in [3.63, 3.8) is 0 Å². The second-order valence-corrected chi connectivity index (χ2v) is 10.9. The number of anilines is 1. The van der Waals surface area contributed by atoms with Crippen LogP contribution < -0.4 is 13.8 Å². The summed E-state index contributed by atoms with van der Waals surface area (Å²) in [6.45, 7) is 8.28. The van der Waals surface area contributed by atoms with E-state index >= 15 is 0 Å². The first-order valence-electron chi connectivity index (χ1n) is 11.8. The number of ether oxygens (including phenoxy) is 2. The summed E-state index contributed by atoms with van der Waals surface area (Å²) in [6, 6.07) is 14.1. The fourth-order valence-electron chi connectivity index (χ4n) is 3.80. The van der Waals surface area contributed by atoms with E-state index < -0.39 is 10.0 Å². The standard InChI is InChI=1S/C26H30N6O4S/c1-17(2)15-32(37(33,34)25-8-6-7-11-27-25)22-12-18(3)19(4)13-24(22)36-16-21-10-9-20(14-23(21)35-5)26-28-30-31-29-26/h6-14,17H,15-16H2,1-5H3,(H,28,29,30,31). The fraction of sp³-hybridized carbons (Fsp3) is 0.308. The molecule has 0 saturated carbocycles. The number of rotatable bonds is 10. The third-order valence-corrected chi connectivity index (χ3v) is 7.54. The number of sulfonamides is 1. The predicted octanol–water partition coefficient (Wildman–Crippen LogP) is 4.32. The number of hydrogen-bond donors (Lipinski definition) is 1. The molecule has 2 heterocycles. The Labute approximate surface area is 216 Å². The Morgan fingerprint density at radius 3 is 2.46 bits per heavy atom. The summed E-state index contributed by atoms with van der Waals surface area (Å²) in [7, 11) is -2.36. The molecule has 0 aliphatic carbocycles. The van der Waals surface area contributed by atoms with Gasteiger partial charge >= 0.3 is 0 Å². The maximum atomic E-state index is 13.7. The van der Waals surface area contributed by atoms with Crippen LogP contribution in [-0.2, 0) is 16.6 Å². The fourth-order valence-corrected chi connectivity index (χ4v) is 5.36. The lowest BCUT2D eigenvalue weighted by Gasteiger charge is -2.28. The van der Waals surface area contributed by atoms with Crippen molar-refractivity contribution in [2.75, 3.05) is 18.0 Å². The Morgan fingerprint density at radius 1 is 1.03 bits per heavy atom. The number of aryl methyl sites for hydroxylation is 2. The number of aromatic nitrogens is 5. The van der Waals surface area contributed by atoms with Crippen LogP contribution in [0, 0.1) is 19.8 Å². The third-order valence-electron chi connectivity index (χ3n) is 5.84. The van der Waals surface area contributed by atoms with Crippen molar-refractivity contribution in [1.82, 2.24) is 25.6 Å². The Kier molecular flexibility index (Phi) is 7.72. The summed E-state index contributed by atoms with van der Waals surface area (Å²) in [6.07, 6.45) is 1.47. The Morgan fingerprint density at radius 2 is 1.81 bits per heavy atom. The summed E-state index contributed by atoms with van der Waals surface area (Å²) < 4.78 is 40.7. The number of aromatic amines is 1. The van der Waals surface area contributed by atoms with E-state index in [9.17, 15) is 8.42 Å². The van der Waals surface area contributed by atoms with Gasteiger partial charge in [-0.2, -0.15) is 13.6 Å². The van der Waals surface area contributed by atoms with Gasteiger partial charge in [0.1, 0.15) is 18.1 Å². The molecule has 0 aliphatic rings. The summed E-state index contributed by atoms with van der Waals surface area (Å²) in [4.78, 5) is 4.12. The quantitative estimate of drug-likeness (QED) is 0.327. The van der Waals surface area contributed by atoms with Crippen LogP contribution in [0.4, 0.5) is 5.69 Å². The maximum absolute atomic E-state index is 13.7. The van der Waals surface area contributed by atoms with Gasteiger partial charge in [-0.25, -0.2) is 4.98 Å². The van der Waals surface area contributed by atoms with Crippen LogP contribution in [0.5, 0.6) is 11.5 Å². The normalized spacial score (nSPS) is 11.5. The first-order chi connectivity index (χ1) is 17.7. The molecular weight excluding hydrogens is 492 g/mol. The van der Waals surface area contributed by atoms with E-state index in [1.165, 1.54) is 16.6 Å². The molecule has 0 aliphatic heterocycles. The van der Waals surface area contributed by atoms with Gasteiger partial charge in [0.15, 0.2) is 5.03 Å². The molecule has 0 amide bonds. The molecule has 0 saturated heterocycles. The summed E-state index contributed by atoms with van der Waals surface area (Å²) in [5.74, 6) is 1.55. The van der Waals surface area contributed by atoms with Crippen LogP contribution in [-0.4, -0.2) is 47.7 Å². The van der Waals surface area contributed by atoms with Gasteiger partial charge in [0.2, 0.25) is 5.82 Å². The lowest BCUT2D eigenvalue weighted by atomic mass is 10.1. The molecule has 0 radical (unpaired) electrons. The first kappa shape index (κ1) is 26.1. The number of hydrogen-bond acceptors (Lipinski definition) is 8. The largest absolute Gasteiger partial charge is 0.496 e. The second kappa shape index (κ2) is 11.0. The lowest BCUT2D eigenvalue weighted by molar-refractivity contribution is 0.297. The zero-order chi connectivity index (χ0) is 26.6. The Bertz CT molecular complexity index is 1460. The van der Waals surface area contributed by atoms with Crippen molar-refractivity contribution in [3.05, 3.63) is 71.4 Å². The van der Waals surface area contributed by atoms with Crippen LogP contribution in [0.25, 0.3) is 11.4 Å². The molecular formula is C26H30N6O4S. The first-order valence-corrected chi connectivity index (χ1v) is 13.2. The van der Waals surface area contributed by atoms with Gasteiger partial charge in [0.25, 0.3) is 10.0 Å². The SMILES string of the molecule is COc1cc(-c2nn[nH]n2)ccc1COc1cc(C)c(C)cc1N(CC(C)C)S(=O)(=O)c1ccccn1. The van der Waals surface area contributed by atoms with E-state index in [4.69, 9.17) is 9.47 Å². The average molecular weight is 523 g/mol. The topological polar surface area (TPSA) is 123 Å². The zero-order valence-electron chi connectivity index (χ0n) is 21.5. The Balaban J connectivity index is 1.72. The van der Waals surface area contributed by atoms with E-state index in [1.54, 1.807) is 25.3 Å². The number of benzene rings is 2. The minimum Gasteiger partial charge on any atom is -0.496 e. The van der Waals surface area contributed by atoms with Gasteiger partial charge in [-0.15, -0.1) is 10.2 Å². The maximum Gasteiger partial charge on any atom is 0.281 e. The number of pyridine rings is 1. The molecule has 0 bridgehead atoms. The molecule has 2 aromatic carbocycles. The summed E-state index contributed by atoms with van der Waals surface area (Å²) in [5.41, 5.74) is 3.92. The number of nitrogens with one attached hydrogen (secondary N) is 1. The third kappa shape index (κ3) is 5.72. The molecule has 4 rings (SSSR count). The summed E-state index contributed by atoms with van der Waals surface area (Å²) >= 11 is 0. The monoisotopic (exact) mass is 522 g/mol. The number of nitrogens with zero attached hydrogens (tertiary/aromatic N) is 5. The van der Waals surface area contributed by atoms with Gasteiger partial charge in [-0.3, -0.25) is 4.31 Å². The minimum absolute atomic E-state index is 0.0152. The van der Waals surface area contributed by atoms with Crippen LogP contribution in [0.1, 0.15) is 30.5 Å². The van der Waals surface area contributed by atoms with Crippen molar-refractivity contribution >= 4 is 15.7 Å². The van der Waals surface area contributed by atoms with Gasteiger partial charge in [-0.05, 0) is 66.4 Å². The van der Waals surface area contributed by atoms with Gasteiger partial charge < -0.3 is 9.47 Å². The highest BCUT2D eigenvalue weighted by Gasteiger charge is 2.29. The molecule has 11 heteroatoms. The van der Waals surface area contributed by atoms with E-state index in [-0.39, 0.29) is 24.1 Å². The van der Waals surface area contributed by atoms with Crippen molar-refractivity contribution in [2.45, 2.75) is 39.3 Å². The molecule has 10 nitrogen and oxygen atoms in total. The van der Waals surface area contributed by atoms with E-state index in [1.807, 2.05) is 52.0 Å². The van der Waals surface area contributed by atoms with Crippen molar-refractivity contribution in [2.24, 2.45) is 5.92 Å². The van der Waals surface area contributed by atoms with Crippen molar-refractivity contribution < 1.29 is 17.9 Å². The number of H-pyrrole nitrogens is 1. The van der Waals surface area contributed by atoms with E-state index in [0.29, 0.717) is 23.0 Å². The molecule has 1 N–H and O–H groups in total. The predicted molar refractivity (Wildman–Crippen MR) is 140 cm³/mol. The minimum atomic E-state index is -3.93. The molecule has 0 atom stereocenters. The number of methoxy groups -OCH3 is 1. The molecule has 194 valence electrons. The lowest BCUT2D eigenvalue weighted by Crippen LogP contribution is -2.35. The molecule has 37 heavy (non-hydrogen) atoms. The van der Waals surface area contributed by atoms with Crippen LogP contribution >= 0.6 is 0 Å².